The van der Waals surface area contributed by atoms with Gasteiger partial charge in [0.2, 0.25) is 0 Å². The van der Waals surface area contributed by atoms with Gasteiger partial charge in [0, 0.05) is 7.05 Å². The van der Waals surface area contributed by atoms with Crippen LogP contribution >= 0.6 is 11.6 Å². The average Bonchev–Trinajstić information content (AvgIpc) is 2.52. The van der Waals surface area contributed by atoms with Crippen molar-refractivity contribution in [3.05, 3.63) is 34.4 Å². The first-order valence-electron chi connectivity index (χ1n) is 6.53. The lowest BCUT2D eigenvalue weighted by atomic mass is 10.1. The number of benzene rings is 1. The highest BCUT2D eigenvalue weighted by molar-refractivity contribution is 6.31. The number of nitrogen functional groups attached to an aromatic ring is 1. The van der Waals surface area contributed by atoms with E-state index in [4.69, 9.17) is 17.3 Å². The number of halogens is 2. The molecule has 0 spiro atoms. The number of nitrogens with two attached hydrogens (primary N) is 1. The van der Waals surface area contributed by atoms with E-state index in [1.54, 1.807) is 14.0 Å². The molecule has 23 heavy (non-hydrogen) atoms. The molecule has 9 heteroatoms. The van der Waals surface area contributed by atoms with Crippen LogP contribution in [-0.4, -0.2) is 30.1 Å². The van der Waals surface area contributed by atoms with Crippen molar-refractivity contribution < 1.29 is 13.9 Å². The summed E-state index contributed by atoms with van der Waals surface area (Å²) >= 11 is 5.79. The summed E-state index contributed by atoms with van der Waals surface area (Å²) in [5, 5.41) is 5.55. The Bertz CT molecular complexity index is 769. The molecule has 0 aliphatic carbocycles. The molecule has 0 atom stereocenters. The van der Waals surface area contributed by atoms with Gasteiger partial charge in [0.1, 0.15) is 17.3 Å². The molecule has 2 rings (SSSR count). The van der Waals surface area contributed by atoms with Crippen molar-refractivity contribution in [3.8, 4) is 0 Å². The minimum Gasteiger partial charge on any atom is -0.465 e. The van der Waals surface area contributed by atoms with Crippen molar-refractivity contribution in [3.63, 3.8) is 0 Å². The molecule has 0 unspecified atom stereocenters. The van der Waals surface area contributed by atoms with E-state index in [2.05, 4.69) is 25.3 Å². The van der Waals surface area contributed by atoms with Gasteiger partial charge in [0.05, 0.1) is 23.4 Å². The van der Waals surface area contributed by atoms with Crippen molar-refractivity contribution >= 4 is 40.6 Å². The van der Waals surface area contributed by atoms with Gasteiger partial charge in [-0.25, -0.2) is 19.2 Å². The van der Waals surface area contributed by atoms with Crippen LogP contribution < -0.4 is 16.4 Å². The van der Waals surface area contributed by atoms with Crippen molar-refractivity contribution in [2.45, 2.75) is 6.92 Å². The topological polar surface area (TPSA) is 102 Å². The Morgan fingerprint density at radius 2 is 2.00 bits per heavy atom. The van der Waals surface area contributed by atoms with Crippen LogP contribution in [0.5, 0.6) is 0 Å². The van der Waals surface area contributed by atoms with Crippen LogP contribution in [0, 0.1) is 12.7 Å². The van der Waals surface area contributed by atoms with Gasteiger partial charge < -0.3 is 21.1 Å². The number of nitrogens with one attached hydrogen (secondary N) is 2. The van der Waals surface area contributed by atoms with Crippen LogP contribution in [0.2, 0.25) is 5.02 Å². The first kappa shape index (κ1) is 16.8. The smallest absolute Gasteiger partial charge is 0.340 e. The molecule has 1 aromatic heterocycles. The fraction of sp³-hybridized carbons (Fsp3) is 0.214. The third kappa shape index (κ3) is 3.42. The molecule has 0 fully saturated rings. The van der Waals surface area contributed by atoms with Gasteiger partial charge in [-0.2, -0.15) is 0 Å². The number of hydrogen-bond donors (Lipinski definition) is 3. The minimum atomic E-state index is -0.736. The summed E-state index contributed by atoms with van der Waals surface area (Å²) < 4.78 is 18.3. The van der Waals surface area contributed by atoms with Crippen LogP contribution in [0.1, 0.15) is 16.2 Å². The van der Waals surface area contributed by atoms with Crippen LogP contribution in [0.25, 0.3) is 0 Å². The maximum Gasteiger partial charge on any atom is 0.340 e. The molecule has 0 aliphatic rings. The van der Waals surface area contributed by atoms with Gasteiger partial charge in [-0.1, -0.05) is 11.6 Å². The highest BCUT2D eigenvalue weighted by Crippen LogP contribution is 2.31. The second-order valence-electron chi connectivity index (χ2n) is 4.56. The first-order valence-corrected chi connectivity index (χ1v) is 6.91. The summed E-state index contributed by atoms with van der Waals surface area (Å²) in [4.78, 5) is 20.1. The third-order valence-electron chi connectivity index (χ3n) is 3.01. The Labute approximate surface area is 137 Å². The Hall–Kier alpha value is -2.61. The quantitative estimate of drug-likeness (QED) is 0.736. The molecule has 4 N–H and O–H groups in total. The van der Waals surface area contributed by atoms with Crippen LogP contribution in [0.3, 0.4) is 0 Å². The van der Waals surface area contributed by atoms with Gasteiger partial charge in [0.25, 0.3) is 0 Å². The number of anilines is 4. The molecule has 0 saturated heterocycles. The van der Waals surface area contributed by atoms with Gasteiger partial charge >= 0.3 is 5.97 Å². The number of nitrogens with zero attached hydrogens (tertiary/aromatic N) is 2. The second-order valence-corrected chi connectivity index (χ2v) is 4.97. The first-order chi connectivity index (χ1) is 10.9. The van der Waals surface area contributed by atoms with E-state index in [9.17, 15) is 9.18 Å². The molecule has 2 aromatic rings. The number of aryl methyl sites for hydroxylation is 1. The number of rotatable bonds is 4. The minimum absolute atomic E-state index is 0.0314. The number of methoxy groups -OCH3 is 1. The van der Waals surface area contributed by atoms with E-state index in [0.717, 1.165) is 6.07 Å². The largest absolute Gasteiger partial charge is 0.465 e. The third-order valence-corrected chi connectivity index (χ3v) is 3.30. The van der Waals surface area contributed by atoms with E-state index in [0.29, 0.717) is 11.6 Å². The van der Waals surface area contributed by atoms with Crippen molar-refractivity contribution in [1.29, 1.82) is 0 Å². The van der Waals surface area contributed by atoms with E-state index >= 15 is 0 Å². The summed E-state index contributed by atoms with van der Waals surface area (Å²) in [6, 6.07) is 2.25. The molecule has 0 bridgehead atoms. The fourth-order valence-electron chi connectivity index (χ4n) is 1.92. The molecule has 0 aliphatic heterocycles. The van der Waals surface area contributed by atoms with Crippen molar-refractivity contribution in [2.24, 2.45) is 0 Å². The number of hydrogen-bond acceptors (Lipinski definition) is 7. The normalized spacial score (nSPS) is 10.3. The summed E-state index contributed by atoms with van der Waals surface area (Å²) in [5.74, 6) is -0.317. The number of carbonyl (C=O) groups is 1. The molecule has 1 heterocycles. The Balaban J connectivity index is 2.54. The lowest BCUT2D eigenvalue weighted by Gasteiger charge is -2.15. The zero-order valence-corrected chi connectivity index (χ0v) is 13.5. The van der Waals surface area contributed by atoms with Gasteiger partial charge in [-0.3, -0.25) is 0 Å². The van der Waals surface area contributed by atoms with Crippen molar-refractivity contribution in [1.82, 2.24) is 9.97 Å². The number of aromatic nitrogens is 2. The lowest BCUT2D eigenvalue weighted by molar-refractivity contribution is 0.0601. The number of esters is 1. The average molecular weight is 340 g/mol. The monoisotopic (exact) mass is 339 g/mol. The van der Waals surface area contributed by atoms with E-state index in [1.807, 2.05) is 0 Å². The molecule has 1 aromatic carbocycles. The van der Waals surface area contributed by atoms with Crippen LogP contribution in [0.15, 0.2) is 12.1 Å². The summed E-state index contributed by atoms with van der Waals surface area (Å²) in [6.07, 6.45) is 0. The maximum absolute atomic E-state index is 13.6. The molecular weight excluding hydrogens is 325 g/mol. The molecular formula is C14H15ClFN5O2. The van der Waals surface area contributed by atoms with Crippen LogP contribution in [0.4, 0.5) is 27.4 Å². The zero-order valence-electron chi connectivity index (χ0n) is 12.7. The Kier molecular flexibility index (Phi) is 4.85. The Morgan fingerprint density at radius 3 is 2.61 bits per heavy atom. The highest BCUT2D eigenvalue weighted by Gasteiger charge is 2.18. The van der Waals surface area contributed by atoms with Crippen molar-refractivity contribution in [2.75, 3.05) is 30.5 Å². The second kappa shape index (κ2) is 6.66. The molecule has 122 valence electrons. The highest BCUT2D eigenvalue weighted by atomic mass is 35.5. The maximum atomic E-state index is 13.6. The predicted octanol–water partition coefficient (Wildman–Crippen LogP) is 2.73. The molecule has 7 nitrogen and oxygen atoms in total. The lowest BCUT2D eigenvalue weighted by Crippen LogP contribution is -2.10. The fourth-order valence-corrected chi connectivity index (χ4v) is 2.09. The van der Waals surface area contributed by atoms with E-state index in [1.165, 1.54) is 13.2 Å². The predicted molar refractivity (Wildman–Crippen MR) is 86.8 cm³/mol. The van der Waals surface area contributed by atoms with Gasteiger partial charge in [-0.15, -0.1) is 0 Å². The van der Waals surface area contributed by atoms with Gasteiger partial charge in [0.15, 0.2) is 11.6 Å². The number of ether oxygens (including phenoxy) is 1. The van der Waals surface area contributed by atoms with E-state index < -0.39 is 11.8 Å². The molecule has 0 saturated carbocycles. The van der Waals surface area contributed by atoms with E-state index in [-0.39, 0.29) is 27.8 Å². The molecule has 0 amide bonds. The standard InChI is InChI=1S/C14H15ClFN5O2/c1-6-19-12(18-2)11(17)13(20-6)21-10-5-8(15)9(16)4-7(10)14(22)23-3/h4-5H,17H2,1-3H3,(H2,18,19,20,21). The summed E-state index contributed by atoms with van der Waals surface area (Å²) in [6.45, 7) is 1.68. The summed E-state index contributed by atoms with van der Waals surface area (Å²) in [5.41, 5.74) is 6.40. The van der Waals surface area contributed by atoms with Crippen LogP contribution in [-0.2, 0) is 4.74 Å². The zero-order chi connectivity index (χ0) is 17.1. The number of carbonyl (C=O) groups excluding carboxylic acids is 1. The summed E-state index contributed by atoms with van der Waals surface area (Å²) in [7, 11) is 2.86. The van der Waals surface area contributed by atoms with Gasteiger partial charge in [-0.05, 0) is 19.1 Å². The Morgan fingerprint density at radius 1 is 1.35 bits per heavy atom. The molecule has 0 radical (unpaired) electrons. The SMILES string of the molecule is CNc1nc(C)nc(Nc2cc(Cl)c(F)cc2C(=O)OC)c1N.